The number of aromatic nitrogens is 9. The summed E-state index contributed by atoms with van der Waals surface area (Å²) in [7, 11) is 0. The third kappa shape index (κ3) is 20.1. The second-order valence-corrected chi connectivity index (χ2v) is 27.7. The number of fused-ring (bicyclic) bond motifs is 9. The van der Waals surface area contributed by atoms with Crippen LogP contribution in [0.15, 0.2) is 91.0 Å². The van der Waals surface area contributed by atoms with Gasteiger partial charge in [0, 0.05) is 32.8 Å². The first-order valence-electron chi connectivity index (χ1n) is 39.3. The van der Waals surface area contributed by atoms with Crippen LogP contribution >= 0.6 is 0 Å². The summed E-state index contributed by atoms with van der Waals surface area (Å²) in [6.45, 7) is 17.4. The smallest absolute Gasteiger partial charge is 0.247 e. The van der Waals surface area contributed by atoms with Crippen molar-refractivity contribution >= 4 is 49.7 Å². The summed E-state index contributed by atoms with van der Waals surface area (Å²) in [4.78, 5) is 0. The molecule has 10 rings (SSSR count). The predicted molar refractivity (Wildman–Crippen MR) is 408 cm³/mol. The monoisotopic (exact) mass is 1350 g/mol. The first kappa shape index (κ1) is 74.0. The lowest BCUT2D eigenvalue weighted by atomic mass is 10.0. The van der Waals surface area contributed by atoms with Crippen LogP contribution in [0.25, 0.3) is 83.8 Å². The van der Waals surface area contributed by atoms with E-state index >= 15 is 0 Å². The second kappa shape index (κ2) is 40.5. The van der Waals surface area contributed by atoms with E-state index in [1.54, 1.807) is 0 Å². The van der Waals surface area contributed by atoms with E-state index in [-0.39, 0.29) is 0 Å². The Labute approximate surface area is 590 Å². The molecule has 0 aliphatic rings. The van der Waals surface area contributed by atoms with Gasteiger partial charge in [-0.2, -0.15) is 0 Å². The number of ether oxygens (including phenoxy) is 6. The zero-order valence-corrected chi connectivity index (χ0v) is 61.3. The van der Waals surface area contributed by atoms with Crippen LogP contribution in [-0.2, 0) is 0 Å². The molecule has 99 heavy (non-hydrogen) atoms. The predicted octanol–water partition coefficient (Wildman–Crippen LogP) is 23.7. The molecule has 15 heteroatoms. The lowest BCUT2D eigenvalue weighted by Crippen LogP contribution is -2.07. The van der Waals surface area contributed by atoms with E-state index in [9.17, 15) is 0 Å². The summed E-state index contributed by atoms with van der Waals surface area (Å²) in [5.74, 6) is 7.98. The van der Waals surface area contributed by atoms with Gasteiger partial charge in [0.25, 0.3) is 0 Å². The molecule has 4 heterocycles. The highest BCUT2D eigenvalue weighted by Crippen LogP contribution is 2.42. The summed E-state index contributed by atoms with van der Waals surface area (Å²) < 4.78 is 46.0. The van der Waals surface area contributed by atoms with Gasteiger partial charge >= 0.3 is 0 Å². The minimum absolute atomic E-state index is 0.494. The zero-order valence-electron chi connectivity index (χ0n) is 61.3. The van der Waals surface area contributed by atoms with E-state index in [2.05, 4.69) is 133 Å². The van der Waals surface area contributed by atoms with Gasteiger partial charge in [0.1, 0.15) is 0 Å². The van der Waals surface area contributed by atoms with Gasteiger partial charge in [0.05, 0.1) is 39.6 Å². The van der Waals surface area contributed by atoms with E-state index in [1.165, 1.54) is 154 Å². The van der Waals surface area contributed by atoms with Crippen molar-refractivity contribution < 1.29 is 28.4 Å². The molecule has 0 saturated carbocycles. The van der Waals surface area contributed by atoms with Gasteiger partial charge in [-0.3, -0.25) is 0 Å². The van der Waals surface area contributed by atoms with Crippen molar-refractivity contribution in [1.29, 1.82) is 0 Å². The van der Waals surface area contributed by atoms with Crippen molar-refractivity contribution in [2.45, 2.75) is 273 Å². The maximum atomic E-state index is 6.76. The minimum Gasteiger partial charge on any atom is -0.490 e. The molecule has 534 valence electrons. The van der Waals surface area contributed by atoms with Crippen LogP contribution in [0.1, 0.15) is 273 Å². The van der Waals surface area contributed by atoms with Crippen LogP contribution in [0, 0.1) is 0 Å². The summed E-state index contributed by atoms with van der Waals surface area (Å²) in [5, 5.41) is 36.2. The second-order valence-electron chi connectivity index (χ2n) is 27.7. The Bertz CT molecular complexity index is 3600. The Hall–Kier alpha value is -7.68. The summed E-state index contributed by atoms with van der Waals surface area (Å²) in [5.41, 5.74) is 2.54. The van der Waals surface area contributed by atoms with Crippen LogP contribution in [0.4, 0.5) is 0 Å². The molecule has 0 aliphatic heterocycles. The van der Waals surface area contributed by atoms with Crippen LogP contribution in [0.2, 0.25) is 0 Å². The summed E-state index contributed by atoms with van der Waals surface area (Å²) >= 11 is 0. The van der Waals surface area contributed by atoms with Crippen LogP contribution < -0.4 is 28.4 Å². The molecule has 0 atom stereocenters. The molecule has 15 nitrogen and oxygen atoms in total. The zero-order chi connectivity index (χ0) is 68.6. The Morgan fingerprint density at radius 1 is 0.232 bits per heavy atom. The topological polar surface area (TPSA) is 146 Å². The Balaban J connectivity index is 1.05. The highest BCUT2D eigenvalue weighted by Gasteiger charge is 2.27. The number of unbranched alkanes of at least 4 members (excludes halogenated alkanes) is 30. The molecule has 0 fully saturated rings. The number of benzene rings is 6. The van der Waals surface area contributed by atoms with Gasteiger partial charge in [-0.15, -0.1) is 30.6 Å². The molecule has 6 aromatic carbocycles. The van der Waals surface area contributed by atoms with E-state index in [1.807, 2.05) is 13.2 Å². The lowest BCUT2D eigenvalue weighted by Gasteiger charge is -2.16. The molecular weight excluding hydrogens is 1230 g/mol. The third-order valence-corrected chi connectivity index (χ3v) is 19.6. The molecule has 4 aromatic heterocycles. The number of rotatable bonds is 51. The lowest BCUT2D eigenvalue weighted by molar-refractivity contribution is 0.261. The van der Waals surface area contributed by atoms with Crippen molar-refractivity contribution in [3.05, 3.63) is 91.0 Å². The van der Waals surface area contributed by atoms with E-state index < -0.39 is 0 Å². The SMILES string of the molecule is CCCCCCCCOc1ccc2cc(-c3nnc4n3c3nnc(-c5ccc6c(OCCCCCCCC)c(OCCCCCCCC)ccc6c5)n3c3nnc(-c5ccc6c(OCCCCCCCC)c(OCCCCCCCC)ccc6c5)n43)ccc2c1OCCCCCCCC. The van der Waals surface area contributed by atoms with Crippen molar-refractivity contribution in [3.63, 3.8) is 0 Å². The maximum absolute atomic E-state index is 6.76. The van der Waals surface area contributed by atoms with Gasteiger partial charge < -0.3 is 28.4 Å². The van der Waals surface area contributed by atoms with Gasteiger partial charge in [-0.25, -0.2) is 13.2 Å². The molecule has 0 unspecified atom stereocenters. The standard InChI is InChI=1S/C84H117N9O6/c1-7-13-19-25-31-37-55-94-73-52-46-64-61-67(43-49-70(64)76(73)97-58-40-34-28-22-16-10-4)79-85-88-82-91(79)83-89-86-80(68-44-50-71-65(62-68)47-53-74(95-56-38-32-26-20-14-8-2)77(71)98-59-41-35-29-23-17-11-5)93(83)84-90-87-81(92(82)84)69-45-51-72-66(63-69)48-54-75(96-57-39-33-27-21-15-9-3)78(72)99-60-42-36-30-24-18-12-6/h43-54,61-63H,7-42,55-60H2,1-6H3. The van der Waals surface area contributed by atoms with Crippen LogP contribution in [-0.4, -0.2) is 83.4 Å². The molecule has 0 amide bonds. The molecule has 0 bridgehead atoms. The quantitative estimate of drug-likeness (QED) is 0.0334. The summed E-state index contributed by atoms with van der Waals surface area (Å²) in [6, 6.07) is 32.0. The summed E-state index contributed by atoms with van der Waals surface area (Å²) in [6.07, 6.45) is 42.9. The van der Waals surface area contributed by atoms with Gasteiger partial charge in [0.2, 0.25) is 17.3 Å². The first-order chi connectivity index (χ1) is 49.0. The molecule has 0 saturated heterocycles. The number of hydrogen-bond acceptors (Lipinski definition) is 12. The van der Waals surface area contributed by atoms with Crippen molar-refractivity contribution in [3.8, 4) is 68.7 Å². The van der Waals surface area contributed by atoms with E-state index in [0.29, 0.717) is 74.4 Å². The van der Waals surface area contributed by atoms with Gasteiger partial charge in [-0.1, -0.05) is 271 Å². The van der Waals surface area contributed by atoms with Gasteiger partial charge in [-0.05, 0) is 109 Å². The fraction of sp³-hybridized carbons (Fsp3) is 0.571. The molecule has 0 radical (unpaired) electrons. The molecule has 10 aromatic rings. The molecular formula is C84H117N9O6. The normalized spacial score (nSPS) is 11.8. The van der Waals surface area contributed by atoms with Crippen molar-refractivity contribution in [2.75, 3.05) is 39.6 Å². The molecule has 0 spiro atoms. The average molecular weight is 1350 g/mol. The highest BCUT2D eigenvalue weighted by molar-refractivity contribution is 5.96. The number of nitrogens with zero attached hydrogens (tertiary/aromatic N) is 9. The van der Waals surface area contributed by atoms with Crippen LogP contribution in [0.5, 0.6) is 34.5 Å². The number of hydrogen-bond donors (Lipinski definition) is 0. The highest BCUT2D eigenvalue weighted by atomic mass is 16.5. The van der Waals surface area contributed by atoms with Gasteiger partial charge in [0.15, 0.2) is 52.0 Å². The first-order valence-corrected chi connectivity index (χ1v) is 39.3. The Kier molecular flexibility index (Phi) is 30.3. The Morgan fingerprint density at radius 2 is 0.455 bits per heavy atom. The largest absolute Gasteiger partial charge is 0.490 e. The van der Waals surface area contributed by atoms with Crippen LogP contribution in [0.3, 0.4) is 0 Å². The van der Waals surface area contributed by atoms with Crippen molar-refractivity contribution in [1.82, 2.24) is 43.8 Å². The third-order valence-electron chi connectivity index (χ3n) is 19.6. The van der Waals surface area contributed by atoms with E-state index in [0.717, 1.165) is 161 Å². The molecule has 0 aliphatic carbocycles. The van der Waals surface area contributed by atoms with Crippen molar-refractivity contribution in [2.24, 2.45) is 0 Å². The minimum atomic E-state index is 0.494. The molecule has 0 N–H and O–H groups in total. The fourth-order valence-corrected chi connectivity index (χ4v) is 13.8. The fourth-order valence-electron chi connectivity index (χ4n) is 13.8. The Morgan fingerprint density at radius 3 is 0.697 bits per heavy atom. The average Bonchev–Trinajstić information content (AvgIpc) is 1.56. The van der Waals surface area contributed by atoms with E-state index in [4.69, 9.17) is 59.0 Å². The maximum Gasteiger partial charge on any atom is 0.247 e.